The Bertz CT molecular complexity index is 272. The standard InChI is InChI=1S/C9H20ClNO3S/c1-9(2,3)15(12,13)11-6-5-8(10)7-14-4/h8,11H,5-7H2,1-4H3. The monoisotopic (exact) mass is 257 g/mol. The summed E-state index contributed by atoms with van der Waals surface area (Å²) in [4.78, 5) is 0. The molecule has 0 aliphatic rings. The van der Waals surface area contributed by atoms with Crippen LogP contribution in [0.15, 0.2) is 0 Å². The van der Waals surface area contributed by atoms with Gasteiger partial charge >= 0.3 is 0 Å². The highest BCUT2D eigenvalue weighted by Gasteiger charge is 2.28. The summed E-state index contributed by atoms with van der Waals surface area (Å²) < 4.78 is 29.8. The van der Waals surface area contributed by atoms with E-state index in [1.807, 2.05) is 0 Å². The molecule has 0 fully saturated rings. The van der Waals surface area contributed by atoms with Crippen LogP contribution >= 0.6 is 11.6 Å². The predicted molar refractivity (Wildman–Crippen MR) is 62.8 cm³/mol. The van der Waals surface area contributed by atoms with E-state index in [0.717, 1.165) is 0 Å². The van der Waals surface area contributed by atoms with Crippen molar-refractivity contribution in [1.29, 1.82) is 0 Å². The molecular weight excluding hydrogens is 238 g/mol. The third kappa shape index (κ3) is 5.70. The second-order valence-electron chi connectivity index (χ2n) is 4.35. The van der Waals surface area contributed by atoms with Crippen molar-refractivity contribution in [2.24, 2.45) is 0 Å². The summed E-state index contributed by atoms with van der Waals surface area (Å²) in [5, 5.41) is -0.155. The molecule has 0 spiro atoms. The Hall–Kier alpha value is 0.160. The Morgan fingerprint density at radius 3 is 2.33 bits per heavy atom. The van der Waals surface area contributed by atoms with Crippen LogP contribution < -0.4 is 4.72 Å². The summed E-state index contributed by atoms with van der Waals surface area (Å²) in [5.74, 6) is 0. The minimum absolute atomic E-state index is 0.155. The molecule has 0 aliphatic heterocycles. The van der Waals surface area contributed by atoms with Crippen molar-refractivity contribution in [1.82, 2.24) is 4.72 Å². The molecule has 0 aromatic rings. The first-order valence-electron chi connectivity index (χ1n) is 4.83. The number of hydrogen-bond donors (Lipinski definition) is 1. The van der Waals surface area contributed by atoms with Crippen LogP contribution in [0.4, 0.5) is 0 Å². The molecule has 6 heteroatoms. The maximum Gasteiger partial charge on any atom is 0.216 e. The Balaban J connectivity index is 3.97. The first-order chi connectivity index (χ1) is 6.70. The first-order valence-corrected chi connectivity index (χ1v) is 6.75. The fourth-order valence-corrected chi connectivity index (χ4v) is 1.89. The summed E-state index contributed by atoms with van der Waals surface area (Å²) in [6, 6.07) is 0. The van der Waals surface area contributed by atoms with Gasteiger partial charge in [0, 0.05) is 13.7 Å². The zero-order valence-corrected chi connectivity index (χ0v) is 11.3. The molecule has 92 valence electrons. The molecule has 0 rings (SSSR count). The highest BCUT2D eigenvalue weighted by Crippen LogP contribution is 2.13. The fourth-order valence-electron chi connectivity index (χ4n) is 0.831. The average molecular weight is 258 g/mol. The predicted octanol–water partition coefficient (Wildman–Crippen LogP) is 1.35. The molecule has 1 atom stereocenters. The van der Waals surface area contributed by atoms with Crippen LogP contribution in [0.25, 0.3) is 0 Å². The molecule has 0 heterocycles. The molecule has 0 amide bonds. The third-order valence-corrected chi connectivity index (χ3v) is 4.44. The van der Waals surface area contributed by atoms with Crippen molar-refractivity contribution in [3.8, 4) is 0 Å². The van der Waals surface area contributed by atoms with E-state index in [9.17, 15) is 8.42 Å². The summed E-state index contributed by atoms with van der Waals surface area (Å²) in [5.41, 5.74) is 0. The highest BCUT2D eigenvalue weighted by molar-refractivity contribution is 7.90. The maximum atomic E-state index is 11.6. The molecule has 15 heavy (non-hydrogen) atoms. The Labute approximate surface area is 97.4 Å². The number of halogens is 1. The van der Waals surface area contributed by atoms with Gasteiger partial charge in [0.05, 0.1) is 16.7 Å². The van der Waals surface area contributed by atoms with Crippen LogP contribution in [0.2, 0.25) is 0 Å². The number of hydrogen-bond acceptors (Lipinski definition) is 3. The fraction of sp³-hybridized carbons (Fsp3) is 1.00. The first kappa shape index (κ1) is 15.2. The number of nitrogens with one attached hydrogen (secondary N) is 1. The van der Waals surface area contributed by atoms with Crippen LogP contribution in [-0.4, -0.2) is 38.8 Å². The van der Waals surface area contributed by atoms with Gasteiger partial charge < -0.3 is 4.74 Å². The molecular formula is C9H20ClNO3S. The molecule has 0 bridgehead atoms. The number of alkyl halides is 1. The third-order valence-electron chi connectivity index (χ3n) is 1.90. The van der Waals surface area contributed by atoms with Gasteiger partial charge in [-0.1, -0.05) is 0 Å². The quantitative estimate of drug-likeness (QED) is 0.731. The lowest BCUT2D eigenvalue weighted by Gasteiger charge is -2.20. The maximum absolute atomic E-state index is 11.6. The van der Waals surface area contributed by atoms with Crippen molar-refractivity contribution in [2.75, 3.05) is 20.3 Å². The normalized spacial score (nSPS) is 15.3. The largest absolute Gasteiger partial charge is 0.383 e. The van der Waals surface area contributed by atoms with Crippen molar-refractivity contribution < 1.29 is 13.2 Å². The van der Waals surface area contributed by atoms with Gasteiger partial charge in [-0.25, -0.2) is 13.1 Å². The van der Waals surface area contributed by atoms with E-state index < -0.39 is 14.8 Å². The van der Waals surface area contributed by atoms with Gasteiger partial charge in [0.1, 0.15) is 0 Å². The van der Waals surface area contributed by atoms with Crippen molar-refractivity contribution >= 4 is 21.6 Å². The van der Waals surface area contributed by atoms with Crippen LogP contribution in [0.1, 0.15) is 27.2 Å². The zero-order chi connectivity index (χ0) is 12.1. The summed E-state index contributed by atoms with van der Waals surface area (Å²) in [7, 11) is -1.69. The van der Waals surface area contributed by atoms with Crippen LogP contribution in [0.5, 0.6) is 0 Å². The average Bonchev–Trinajstić information content (AvgIpc) is 2.01. The minimum Gasteiger partial charge on any atom is -0.383 e. The summed E-state index contributed by atoms with van der Waals surface area (Å²) in [6.07, 6.45) is 0.560. The van der Waals surface area contributed by atoms with E-state index in [4.69, 9.17) is 16.3 Å². The minimum atomic E-state index is -3.26. The molecule has 1 unspecified atom stereocenters. The van der Waals surface area contributed by atoms with E-state index in [2.05, 4.69) is 4.72 Å². The second-order valence-corrected chi connectivity index (χ2v) is 7.49. The second kappa shape index (κ2) is 6.03. The molecule has 0 saturated carbocycles. The van der Waals surface area contributed by atoms with Gasteiger partial charge in [-0.3, -0.25) is 0 Å². The van der Waals surface area contributed by atoms with Gasteiger partial charge in [-0.2, -0.15) is 0 Å². The number of rotatable bonds is 6. The molecule has 1 N–H and O–H groups in total. The zero-order valence-electron chi connectivity index (χ0n) is 9.71. The van der Waals surface area contributed by atoms with Gasteiger partial charge in [0.25, 0.3) is 0 Å². The highest BCUT2D eigenvalue weighted by atomic mass is 35.5. The van der Waals surface area contributed by atoms with E-state index >= 15 is 0 Å². The topological polar surface area (TPSA) is 55.4 Å². The van der Waals surface area contributed by atoms with Crippen LogP contribution in [0, 0.1) is 0 Å². The SMILES string of the molecule is COCC(Cl)CCNS(=O)(=O)C(C)(C)C. The van der Waals surface area contributed by atoms with E-state index in [-0.39, 0.29) is 5.38 Å². The number of ether oxygens (including phenoxy) is 1. The molecule has 0 aliphatic carbocycles. The molecule has 4 nitrogen and oxygen atoms in total. The van der Waals surface area contributed by atoms with Gasteiger partial charge in [-0.05, 0) is 27.2 Å². The lowest BCUT2D eigenvalue weighted by molar-refractivity contribution is 0.196. The Morgan fingerprint density at radius 2 is 1.93 bits per heavy atom. The Kier molecular flexibility index (Phi) is 6.10. The van der Waals surface area contributed by atoms with Crippen LogP contribution in [-0.2, 0) is 14.8 Å². The lowest BCUT2D eigenvalue weighted by atomic mass is 10.3. The van der Waals surface area contributed by atoms with E-state index in [1.165, 1.54) is 0 Å². The number of methoxy groups -OCH3 is 1. The molecule has 0 saturated heterocycles. The van der Waals surface area contributed by atoms with Crippen molar-refractivity contribution in [3.63, 3.8) is 0 Å². The summed E-state index contributed by atoms with van der Waals surface area (Å²) in [6.45, 7) is 5.74. The summed E-state index contributed by atoms with van der Waals surface area (Å²) >= 11 is 5.86. The smallest absolute Gasteiger partial charge is 0.216 e. The van der Waals surface area contributed by atoms with E-state index in [0.29, 0.717) is 19.6 Å². The van der Waals surface area contributed by atoms with Gasteiger partial charge in [-0.15, -0.1) is 11.6 Å². The number of sulfonamides is 1. The molecule has 0 aromatic heterocycles. The molecule has 0 aromatic carbocycles. The van der Waals surface area contributed by atoms with Crippen molar-refractivity contribution in [2.45, 2.75) is 37.3 Å². The van der Waals surface area contributed by atoms with Gasteiger partial charge in [0.2, 0.25) is 10.0 Å². The molecule has 0 radical (unpaired) electrons. The Morgan fingerprint density at radius 1 is 1.40 bits per heavy atom. The van der Waals surface area contributed by atoms with Gasteiger partial charge in [0.15, 0.2) is 0 Å². The van der Waals surface area contributed by atoms with Crippen LogP contribution in [0.3, 0.4) is 0 Å². The lowest BCUT2D eigenvalue weighted by Crippen LogP contribution is -2.40. The van der Waals surface area contributed by atoms with E-state index in [1.54, 1.807) is 27.9 Å². The van der Waals surface area contributed by atoms with Crippen molar-refractivity contribution in [3.05, 3.63) is 0 Å².